The van der Waals surface area contributed by atoms with E-state index in [0.717, 1.165) is 18.7 Å². The first-order valence-corrected chi connectivity index (χ1v) is 3.89. The predicted molar refractivity (Wildman–Crippen MR) is 45.3 cm³/mol. The molecule has 0 bridgehead atoms. The van der Waals surface area contributed by atoms with E-state index in [1.807, 2.05) is 4.68 Å². The lowest BCUT2D eigenvalue weighted by atomic mass is 10.2. The predicted octanol–water partition coefficient (Wildman–Crippen LogP) is 1.43. The lowest BCUT2D eigenvalue weighted by Crippen LogP contribution is -2.06. The minimum absolute atomic E-state index is 0. The van der Waals surface area contributed by atoms with Crippen LogP contribution in [0.5, 0.6) is 0 Å². The van der Waals surface area contributed by atoms with Gasteiger partial charge < -0.3 is 0 Å². The van der Waals surface area contributed by atoms with Crippen LogP contribution in [0.3, 0.4) is 0 Å². The summed E-state index contributed by atoms with van der Waals surface area (Å²) in [6.07, 6.45) is 3.71. The Morgan fingerprint density at radius 3 is 3.27 bits per heavy atom. The molecule has 0 N–H and O–H groups in total. The van der Waals surface area contributed by atoms with Crippen molar-refractivity contribution in [2.24, 2.45) is 0 Å². The molecular formula is C6H9Cl2N3. The van der Waals surface area contributed by atoms with E-state index in [-0.39, 0.29) is 12.4 Å². The third kappa shape index (κ3) is 1.35. The number of rotatable bonds is 1. The summed E-state index contributed by atoms with van der Waals surface area (Å²) in [6.45, 7) is 0. The van der Waals surface area contributed by atoms with Crippen LogP contribution in [0.2, 0.25) is 0 Å². The topological polar surface area (TPSA) is 30.7 Å². The number of halogens is 2. The van der Waals surface area contributed by atoms with Crippen LogP contribution in [-0.2, 0) is 6.42 Å². The Balaban J connectivity index is 0.000000605. The zero-order valence-corrected chi connectivity index (χ0v) is 7.48. The Hall–Kier alpha value is -0.280. The molecule has 0 saturated carbocycles. The summed E-state index contributed by atoms with van der Waals surface area (Å²) in [4.78, 5) is 4.09. The van der Waals surface area contributed by atoms with Gasteiger partial charge in [0.1, 0.15) is 12.2 Å². The molecule has 1 atom stereocenters. The molecule has 2 rings (SSSR count). The van der Waals surface area contributed by atoms with Crippen molar-refractivity contribution in [1.82, 2.24) is 14.8 Å². The highest BCUT2D eigenvalue weighted by atomic mass is 35.5. The number of hydrogen-bond acceptors (Lipinski definition) is 2. The van der Waals surface area contributed by atoms with Gasteiger partial charge in [0, 0.05) is 12.3 Å². The number of nitrogens with zero attached hydrogens (tertiary/aromatic N) is 3. The third-order valence-corrected chi connectivity index (χ3v) is 2.23. The average molecular weight is 194 g/mol. The summed E-state index contributed by atoms with van der Waals surface area (Å²) in [5, 5.41) is 4.07. The molecule has 0 amide bonds. The van der Waals surface area contributed by atoms with Crippen molar-refractivity contribution in [2.75, 3.05) is 5.88 Å². The van der Waals surface area contributed by atoms with Crippen LogP contribution in [0.25, 0.3) is 0 Å². The number of hydrogen-bond donors (Lipinski definition) is 0. The average Bonchev–Trinajstić information content (AvgIpc) is 2.44. The molecule has 3 nitrogen and oxygen atoms in total. The van der Waals surface area contributed by atoms with Gasteiger partial charge in [0.05, 0.1) is 6.04 Å². The molecule has 2 heterocycles. The number of aromatic nitrogens is 3. The maximum absolute atomic E-state index is 5.70. The quantitative estimate of drug-likeness (QED) is 0.633. The summed E-state index contributed by atoms with van der Waals surface area (Å²) in [6, 6.07) is 0.388. The highest BCUT2D eigenvalue weighted by Crippen LogP contribution is 2.23. The van der Waals surface area contributed by atoms with E-state index in [4.69, 9.17) is 11.6 Å². The first kappa shape index (κ1) is 8.81. The van der Waals surface area contributed by atoms with Crippen LogP contribution in [0.1, 0.15) is 18.3 Å². The molecule has 0 fully saturated rings. The summed E-state index contributed by atoms with van der Waals surface area (Å²) in [5.74, 6) is 1.72. The summed E-state index contributed by atoms with van der Waals surface area (Å²) in [7, 11) is 0. The second-order valence-corrected chi connectivity index (χ2v) is 2.78. The number of alkyl halides is 1. The minimum Gasteiger partial charge on any atom is -0.246 e. The van der Waals surface area contributed by atoms with Gasteiger partial charge in [-0.05, 0) is 6.42 Å². The minimum atomic E-state index is 0. The Bertz CT molecular complexity index is 235. The van der Waals surface area contributed by atoms with Crippen molar-refractivity contribution in [3.63, 3.8) is 0 Å². The van der Waals surface area contributed by atoms with Gasteiger partial charge in [0.25, 0.3) is 0 Å². The highest BCUT2D eigenvalue weighted by molar-refractivity contribution is 6.18. The van der Waals surface area contributed by atoms with Gasteiger partial charge >= 0.3 is 0 Å². The van der Waals surface area contributed by atoms with E-state index in [0.29, 0.717) is 11.9 Å². The van der Waals surface area contributed by atoms with E-state index in [9.17, 15) is 0 Å². The summed E-state index contributed by atoms with van der Waals surface area (Å²) < 4.78 is 1.92. The van der Waals surface area contributed by atoms with Gasteiger partial charge in [-0.2, -0.15) is 5.10 Å². The largest absolute Gasteiger partial charge is 0.246 e. The third-order valence-electron chi connectivity index (χ3n) is 1.87. The fourth-order valence-electron chi connectivity index (χ4n) is 1.32. The number of aryl methyl sites for hydroxylation is 1. The van der Waals surface area contributed by atoms with E-state index in [1.165, 1.54) is 0 Å². The zero-order valence-electron chi connectivity index (χ0n) is 5.90. The first-order chi connectivity index (χ1) is 4.92. The van der Waals surface area contributed by atoms with Crippen LogP contribution < -0.4 is 0 Å². The molecule has 0 spiro atoms. The maximum atomic E-state index is 5.70. The molecule has 1 aromatic heterocycles. The van der Waals surface area contributed by atoms with E-state index in [1.54, 1.807) is 6.33 Å². The van der Waals surface area contributed by atoms with Crippen molar-refractivity contribution in [3.8, 4) is 0 Å². The molecule has 0 saturated heterocycles. The normalized spacial score (nSPS) is 21.0. The summed E-state index contributed by atoms with van der Waals surface area (Å²) >= 11 is 5.70. The molecule has 1 unspecified atom stereocenters. The Morgan fingerprint density at radius 1 is 1.73 bits per heavy atom. The molecular weight excluding hydrogens is 185 g/mol. The van der Waals surface area contributed by atoms with Crippen molar-refractivity contribution in [2.45, 2.75) is 18.9 Å². The Morgan fingerprint density at radius 2 is 2.55 bits per heavy atom. The van der Waals surface area contributed by atoms with Crippen molar-refractivity contribution >= 4 is 24.0 Å². The van der Waals surface area contributed by atoms with Gasteiger partial charge in [-0.1, -0.05) is 0 Å². The molecule has 11 heavy (non-hydrogen) atoms. The smallest absolute Gasteiger partial charge is 0.138 e. The van der Waals surface area contributed by atoms with Crippen LogP contribution in [0.4, 0.5) is 0 Å². The number of fused-ring (bicyclic) bond motifs is 1. The SMILES string of the molecule is Cl.ClCC1CCc2ncnn21. The molecule has 1 aliphatic rings. The second-order valence-electron chi connectivity index (χ2n) is 2.47. The van der Waals surface area contributed by atoms with Gasteiger partial charge in [-0.25, -0.2) is 9.67 Å². The monoisotopic (exact) mass is 193 g/mol. The lowest BCUT2D eigenvalue weighted by molar-refractivity contribution is 0.526. The molecule has 0 radical (unpaired) electrons. The molecule has 1 aromatic rings. The Labute approximate surface area is 76.2 Å². The fourth-order valence-corrected chi connectivity index (χ4v) is 1.60. The maximum Gasteiger partial charge on any atom is 0.138 e. The molecule has 1 aliphatic heterocycles. The van der Waals surface area contributed by atoms with Crippen molar-refractivity contribution in [1.29, 1.82) is 0 Å². The van der Waals surface area contributed by atoms with Crippen LogP contribution in [0, 0.1) is 0 Å². The fraction of sp³-hybridized carbons (Fsp3) is 0.667. The summed E-state index contributed by atoms with van der Waals surface area (Å²) in [5.41, 5.74) is 0. The second kappa shape index (κ2) is 3.41. The van der Waals surface area contributed by atoms with Crippen molar-refractivity contribution in [3.05, 3.63) is 12.2 Å². The van der Waals surface area contributed by atoms with Gasteiger partial charge in [0.2, 0.25) is 0 Å². The zero-order chi connectivity index (χ0) is 6.97. The van der Waals surface area contributed by atoms with Crippen molar-refractivity contribution < 1.29 is 0 Å². The Kier molecular flexibility index (Phi) is 2.73. The standard InChI is InChI=1S/C6H8ClN3.ClH/c7-3-5-1-2-6-8-4-9-10(5)6;/h4-5H,1-3H2;1H. The van der Waals surface area contributed by atoms with E-state index < -0.39 is 0 Å². The van der Waals surface area contributed by atoms with E-state index >= 15 is 0 Å². The van der Waals surface area contributed by atoms with Gasteiger partial charge in [-0.15, -0.1) is 24.0 Å². The molecule has 0 aliphatic carbocycles. The molecule has 0 aromatic carbocycles. The van der Waals surface area contributed by atoms with Crippen LogP contribution in [-0.4, -0.2) is 20.6 Å². The van der Waals surface area contributed by atoms with Gasteiger partial charge in [0.15, 0.2) is 0 Å². The van der Waals surface area contributed by atoms with Gasteiger partial charge in [-0.3, -0.25) is 0 Å². The highest BCUT2D eigenvalue weighted by Gasteiger charge is 2.21. The van der Waals surface area contributed by atoms with E-state index in [2.05, 4.69) is 10.1 Å². The molecule has 5 heteroatoms. The van der Waals surface area contributed by atoms with Crippen LogP contribution >= 0.6 is 24.0 Å². The molecule has 62 valence electrons. The van der Waals surface area contributed by atoms with Crippen LogP contribution in [0.15, 0.2) is 6.33 Å². The first-order valence-electron chi connectivity index (χ1n) is 3.36. The lowest BCUT2D eigenvalue weighted by Gasteiger charge is -2.04.